The zero-order valence-electron chi connectivity index (χ0n) is 16.0. The number of halogens is 2. The normalized spacial score (nSPS) is 10.9. The van der Waals surface area contributed by atoms with Crippen molar-refractivity contribution in [2.75, 3.05) is 7.11 Å². The molecule has 3 rings (SSSR count). The minimum absolute atomic E-state index is 0.0993. The number of methoxy groups -OCH3 is 1. The number of rotatable bonds is 7. The first-order valence-corrected chi connectivity index (χ1v) is 9.51. The third kappa shape index (κ3) is 5.25. The predicted octanol–water partition coefficient (Wildman–Crippen LogP) is 3.63. The van der Waals surface area contributed by atoms with Crippen LogP contribution in [0.4, 0.5) is 10.1 Å². The molecule has 2 N–H and O–H groups in total. The number of nitrogens with one attached hydrogen (secondary N) is 2. The molecule has 31 heavy (non-hydrogen) atoms. The SMILES string of the molecule is COc1cc(/C=C/c2[nH]c(=O)[nH]c(=O)c2[N+](=O)[O-])cc(Br)c1OCc1cccc(F)c1. The molecule has 0 amide bonds. The van der Waals surface area contributed by atoms with Gasteiger partial charge in [0, 0.05) is 0 Å². The Morgan fingerprint density at radius 3 is 2.65 bits per heavy atom. The Hall–Kier alpha value is -3.73. The van der Waals surface area contributed by atoms with E-state index in [9.17, 15) is 24.1 Å². The summed E-state index contributed by atoms with van der Waals surface area (Å²) in [4.78, 5) is 37.5. The Labute approximate surface area is 182 Å². The summed E-state index contributed by atoms with van der Waals surface area (Å²) in [6, 6.07) is 9.23. The van der Waals surface area contributed by atoms with Gasteiger partial charge in [0.25, 0.3) is 0 Å². The number of aromatic amines is 2. The van der Waals surface area contributed by atoms with E-state index in [1.165, 1.54) is 31.4 Å². The number of nitrogens with zero attached hydrogens (tertiary/aromatic N) is 1. The van der Waals surface area contributed by atoms with Gasteiger partial charge in [-0.25, -0.2) is 9.18 Å². The zero-order chi connectivity index (χ0) is 22.5. The van der Waals surface area contributed by atoms with Crippen LogP contribution in [0.3, 0.4) is 0 Å². The number of benzene rings is 2. The molecule has 0 saturated heterocycles. The van der Waals surface area contributed by atoms with Gasteiger partial charge in [0.05, 0.1) is 16.5 Å². The van der Waals surface area contributed by atoms with E-state index in [-0.39, 0.29) is 18.1 Å². The molecule has 3 aromatic rings. The van der Waals surface area contributed by atoms with Gasteiger partial charge in [0.2, 0.25) is 0 Å². The molecule has 0 aliphatic heterocycles. The molecule has 0 aliphatic carbocycles. The van der Waals surface area contributed by atoms with E-state index in [1.54, 1.807) is 24.3 Å². The number of aromatic nitrogens is 2. The van der Waals surface area contributed by atoms with Gasteiger partial charge in [-0.15, -0.1) is 0 Å². The Bertz CT molecular complexity index is 1280. The van der Waals surface area contributed by atoms with Crippen LogP contribution in [0.25, 0.3) is 12.2 Å². The largest absolute Gasteiger partial charge is 0.493 e. The van der Waals surface area contributed by atoms with Crippen molar-refractivity contribution in [3.63, 3.8) is 0 Å². The van der Waals surface area contributed by atoms with E-state index in [0.717, 1.165) is 0 Å². The van der Waals surface area contributed by atoms with Gasteiger partial charge >= 0.3 is 16.9 Å². The van der Waals surface area contributed by atoms with Crippen LogP contribution in [0, 0.1) is 15.9 Å². The third-order valence-electron chi connectivity index (χ3n) is 4.09. The Balaban J connectivity index is 1.91. The van der Waals surface area contributed by atoms with Crippen LogP contribution in [-0.4, -0.2) is 22.0 Å². The van der Waals surface area contributed by atoms with E-state index in [0.29, 0.717) is 27.1 Å². The lowest BCUT2D eigenvalue weighted by Crippen LogP contribution is -2.25. The fraction of sp³-hybridized carbons (Fsp3) is 0.100. The molecule has 0 spiro atoms. The van der Waals surface area contributed by atoms with Crippen molar-refractivity contribution >= 4 is 33.8 Å². The number of H-pyrrole nitrogens is 2. The molecule has 0 unspecified atom stereocenters. The molecule has 1 heterocycles. The molecule has 1 aromatic heterocycles. The Morgan fingerprint density at radius 1 is 1.19 bits per heavy atom. The fourth-order valence-corrected chi connectivity index (χ4v) is 3.31. The molecule has 0 bridgehead atoms. The van der Waals surface area contributed by atoms with Crippen molar-refractivity contribution in [1.29, 1.82) is 0 Å². The number of nitro groups is 1. The standard InChI is InChI=1S/C20H15BrFN3O6/c1-30-16-9-11(5-6-15-17(25(28)29)19(26)24-20(27)23-15)8-14(21)18(16)31-10-12-3-2-4-13(22)7-12/h2-9H,10H2,1H3,(H2,23,24,26,27)/b6-5+. The summed E-state index contributed by atoms with van der Waals surface area (Å²) in [5.41, 5.74) is -1.83. The molecule has 9 nitrogen and oxygen atoms in total. The van der Waals surface area contributed by atoms with E-state index in [4.69, 9.17) is 9.47 Å². The topological polar surface area (TPSA) is 127 Å². The van der Waals surface area contributed by atoms with Crippen molar-refractivity contribution in [3.8, 4) is 11.5 Å². The van der Waals surface area contributed by atoms with Gasteiger partial charge in [-0.2, -0.15) is 0 Å². The predicted molar refractivity (Wildman–Crippen MR) is 115 cm³/mol. The van der Waals surface area contributed by atoms with Gasteiger partial charge in [-0.1, -0.05) is 18.2 Å². The second-order valence-corrected chi connectivity index (χ2v) is 7.07. The summed E-state index contributed by atoms with van der Waals surface area (Å²) in [6.07, 6.45) is 2.70. The van der Waals surface area contributed by atoms with E-state index in [2.05, 4.69) is 20.9 Å². The molecule has 0 aliphatic rings. The van der Waals surface area contributed by atoms with E-state index >= 15 is 0 Å². The van der Waals surface area contributed by atoms with Crippen LogP contribution in [0.2, 0.25) is 0 Å². The van der Waals surface area contributed by atoms with Crippen LogP contribution in [-0.2, 0) is 6.61 Å². The van der Waals surface area contributed by atoms with Gasteiger partial charge < -0.3 is 14.5 Å². The van der Waals surface area contributed by atoms with Crippen LogP contribution >= 0.6 is 15.9 Å². The highest BCUT2D eigenvalue weighted by Crippen LogP contribution is 2.37. The summed E-state index contributed by atoms with van der Waals surface area (Å²) in [7, 11) is 1.43. The quantitative estimate of drug-likeness (QED) is 0.383. The average molecular weight is 492 g/mol. The molecule has 0 saturated carbocycles. The summed E-state index contributed by atoms with van der Waals surface area (Å²) >= 11 is 3.38. The first-order chi connectivity index (χ1) is 14.8. The lowest BCUT2D eigenvalue weighted by Gasteiger charge is -2.13. The van der Waals surface area contributed by atoms with Crippen LogP contribution < -0.4 is 20.7 Å². The maximum Gasteiger partial charge on any atom is 0.357 e. The minimum atomic E-state index is -1.10. The van der Waals surface area contributed by atoms with Crippen molar-refractivity contribution in [2.24, 2.45) is 0 Å². The maximum atomic E-state index is 13.3. The highest BCUT2D eigenvalue weighted by Gasteiger charge is 2.19. The Morgan fingerprint density at radius 2 is 1.97 bits per heavy atom. The van der Waals surface area contributed by atoms with Crippen molar-refractivity contribution in [3.05, 3.63) is 94.5 Å². The first kappa shape index (κ1) is 22.0. The number of hydrogen-bond acceptors (Lipinski definition) is 6. The molecule has 0 fully saturated rings. The molecule has 160 valence electrons. The molecule has 11 heteroatoms. The fourth-order valence-electron chi connectivity index (χ4n) is 2.74. The molecule has 0 radical (unpaired) electrons. The summed E-state index contributed by atoms with van der Waals surface area (Å²) in [5, 5.41) is 11.1. The van der Waals surface area contributed by atoms with Gasteiger partial charge in [-0.3, -0.25) is 19.9 Å². The van der Waals surface area contributed by atoms with Gasteiger partial charge in [-0.05, 0) is 57.4 Å². The molecular weight excluding hydrogens is 477 g/mol. The number of hydrogen-bond donors (Lipinski definition) is 2. The second kappa shape index (κ2) is 9.39. The monoisotopic (exact) mass is 491 g/mol. The average Bonchev–Trinajstić information content (AvgIpc) is 2.70. The smallest absolute Gasteiger partial charge is 0.357 e. The van der Waals surface area contributed by atoms with Crippen LogP contribution in [0.5, 0.6) is 11.5 Å². The summed E-state index contributed by atoms with van der Waals surface area (Å²) in [5.74, 6) is 0.346. The van der Waals surface area contributed by atoms with Crippen LogP contribution in [0.15, 0.2) is 50.5 Å². The van der Waals surface area contributed by atoms with E-state index in [1.807, 2.05) is 4.98 Å². The summed E-state index contributed by atoms with van der Waals surface area (Å²) < 4.78 is 25.0. The highest BCUT2D eigenvalue weighted by atomic mass is 79.9. The molecule has 0 atom stereocenters. The third-order valence-corrected chi connectivity index (χ3v) is 4.68. The van der Waals surface area contributed by atoms with E-state index < -0.39 is 21.9 Å². The van der Waals surface area contributed by atoms with Gasteiger partial charge in [0.1, 0.15) is 18.1 Å². The number of ether oxygens (including phenoxy) is 2. The van der Waals surface area contributed by atoms with Crippen molar-refractivity contribution in [2.45, 2.75) is 6.61 Å². The lowest BCUT2D eigenvalue weighted by molar-refractivity contribution is -0.386. The van der Waals surface area contributed by atoms with Crippen molar-refractivity contribution < 1.29 is 18.8 Å². The first-order valence-electron chi connectivity index (χ1n) is 8.72. The summed E-state index contributed by atoms with van der Waals surface area (Å²) in [6.45, 7) is 0.0993. The maximum absolute atomic E-state index is 13.3. The molecular formula is C20H15BrFN3O6. The highest BCUT2D eigenvalue weighted by molar-refractivity contribution is 9.10. The van der Waals surface area contributed by atoms with Crippen LogP contribution in [0.1, 0.15) is 16.8 Å². The minimum Gasteiger partial charge on any atom is -0.493 e. The zero-order valence-corrected chi connectivity index (χ0v) is 17.6. The lowest BCUT2D eigenvalue weighted by atomic mass is 10.1. The molecule has 2 aromatic carbocycles. The second-order valence-electron chi connectivity index (χ2n) is 6.21. The van der Waals surface area contributed by atoms with Crippen molar-refractivity contribution in [1.82, 2.24) is 9.97 Å². The van der Waals surface area contributed by atoms with Gasteiger partial charge in [0.15, 0.2) is 11.5 Å². The Kier molecular flexibility index (Phi) is 6.65.